The highest BCUT2D eigenvalue weighted by Crippen LogP contribution is 2.43. The van der Waals surface area contributed by atoms with Gasteiger partial charge in [0, 0.05) is 11.6 Å². The number of carbonyl (C=O) groups excluding carboxylic acids is 1. The number of hydrogen-bond donors (Lipinski definition) is 1. The molecule has 0 bridgehead atoms. The first-order chi connectivity index (χ1) is 17.3. The van der Waals surface area contributed by atoms with E-state index in [-0.39, 0.29) is 11.8 Å². The Morgan fingerprint density at radius 1 is 1.00 bits per heavy atom. The SMILES string of the molecule is CC(C)COc1ccc(C(=O)Oc2ccc3c(c2)OC(N)=C(C#N)C3c2ccc(C(C)C)cc2)cc1. The molecule has 184 valence electrons. The summed E-state index contributed by atoms with van der Waals surface area (Å²) in [5.41, 5.74) is 9.81. The fourth-order valence-corrected chi connectivity index (χ4v) is 4.03. The molecule has 0 saturated heterocycles. The maximum atomic E-state index is 12.7. The quantitative estimate of drug-likeness (QED) is 0.314. The first kappa shape index (κ1) is 24.9. The maximum Gasteiger partial charge on any atom is 0.343 e. The Hall–Kier alpha value is -4.24. The number of nitrogens with two attached hydrogens (primary N) is 1. The van der Waals surface area contributed by atoms with Gasteiger partial charge in [0.15, 0.2) is 0 Å². The van der Waals surface area contributed by atoms with Crippen molar-refractivity contribution in [2.45, 2.75) is 39.5 Å². The molecular weight excluding hydrogens is 452 g/mol. The summed E-state index contributed by atoms with van der Waals surface area (Å²) in [4.78, 5) is 12.7. The van der Waals surface area contributed by atoms with E-state index in [2.05, 4.69) is 45.9 Å². The summed E-state index contributed by atoms with van der Waals surface area (Å²) >= 11 is 0. The summed E-state index contributed by atoms with van der Waals surface area (Å²) in [5.74, 6) is 1.46. The first-order valence-corrected chi connectivity index (χ1v) is 12.0. The van der Waals surface area contributed by atoms with E-state index >= 15 is 0 Å². The van der Waals surface area contributed by atoms with Gasteiger partial charge in [-0.3, -0.25) is 0 Å². The van der Waals surface area contributed by atoms with Gasteiger partial charge in [0.1, 0.15) is 28.9 Å². The second-order valence-electron chi connectivity index (χ2n) is 9.56. The van der Waals surface area contributed by atoms with Crippen molar-refractivity contribution in [1.82, 2.24) is 0 Å². The van der Waals surface area contributed by atoms with Crippen LogP contribution >= 0.6 is 0 Å². The number of allylic oxidation sites excluding steroid dienone is 1. The lowest BCUT2D eigenvalue weighted by atomic mass is 9.83. The van der Waals surface area contributed by atoms with Crippen LogP contribution in [0.2, 0.25) is 0 Å². The smallest absolute Gasteiger partial charge is 0.343 e. The van der Waals surface area contributed by atoms with Gasteiger partial charge in [-0.25, -0.2) is 4.79 Å². The zero-order valence-electron chi connectivity index (χ0n) is 20.9. The molecule has 0 saturated carbocycles. The number of ether oxygens (including phenoxy) is 3. The molecule has 1 unspecified atom stereocenters. The normalized spacial score (nSPS) is 14.8. The van der Waals surface area contributed by atoms with Gasteiger partial charge in [-0.1, -0.05) is 58.0 Å². The Balaban J connectivity index is 1.56. The number of rotatable bonds is 7. The molecule has 4 rings (SSSR count). The topological polar surface area (TPSA) is 94.6 Å². The highest BCUT2D eigenvalue weighted by Gasteiger charge is 2.31. The number of benzene rings is 3. The molecule has 1 aliphatic rings. The standard InChI is InChI=1S/C30H30N2O4/c1-18(2)17-34-23-11-9-22(10-12-23)30(33)35-24-13-14-25-27(15-24)36-29(32)26(16-31)28(25)21-7-5-20(6-8-21)19(3)4/h5-15,18-19,28H,17,32H2,1-4H3. The van der Waals surface area contributed by atoms with Crippen LogP contribution in [0.3, 0.4) is 0 Å². The van der Waals surface area contributed by atoms with Crippen molar-refractivity contribution in [2.75, 3.05) is 6.61 Å². The van der Waals surface area contributed by atoms with E-state index in [1.54, 1.807) is 36.4 Å². The van der Waals surface area contributed by atoms with Gasteiger partial charge in [-0.15, -0.1) is 0 Å². The summed E-state index contributed by atoms with van der Waals surface area (Å²) in [6.45, 7) is 9.02. The molecule has 1 aliphatic heterocycles. The van der Waals surface area contributed by atoms with Gasteiger partial charge in [-0.05, 0) is 53.3 Å². The van der Waals surface area contributed by atoms with Crippen molar-refractivity contribution in [2.24, 2.45) is 11.7 Å². The Labute approximate surface area is 211 Å². The average Bonchev–Trinajstić information content (AvgIpc) is 2.86. The van der Waals surface area contributed by atoms with E-state index in [0.29, 0.717) is 46.8 Å². The summed E-state index contributed by atoms with van der Waals surface area (Å²) in [6, 6.07) is 22.3. The van der Waals surface area contributed by atoms with Crippen LogP contribution in [0.5, 0.6) is 17.2 Å². The third-order valence-electron chi connectivity index (χ3n) is 6.01. The van der Waals surface area contributed by atoms with Crippen molar-refractivity contribution in [1.29, 1.82) is 5.26 Å². The highest BCUT2D eigenvalue weighted by atomic mass is 16.5. The first-order valence-electron chi connectivity index (χ1n) is 12.0. The summed E-state index contributed by atoms with van der Waals surface area (Å²) in [7, 11) is 0. The molecule has 0 spiro atoms. The molecule has 1 atom stereocenters. The number of fused-ring (bicyclic) bond motifs is 1. The van der Waals surface area contributed by atoms with E-state index in [0.717, 1.165) is 11.1 Å². The molecule has 2 N–H and O–H groups in total. The predicted molar refractivity (Wildman–Crippen MR) is 138 cm³/mol. The minimum atomic E-state index is -0.497. The van der Waals surface area contributed by atoms with Crippen LogP contribution in [-0.4, -0.2) is 12.6 Å². The molecule has 0 radical (unpaired) electrons. The zero-order valence-corrected chi connectivity index (χ0v) is 20.9. The Morgan fingerprint density at radius 3 is 2.28 bits per heavy atom. The van der Waals surface area contributed by atoms with E-state index in [4.69, 9.17) is 19.9 Å². The lowest BCUT2D eigenvalue weighted by molar-refractivity contribution is 0.0734. The Kier molecular flexibility index (Phi) is 7.30. The van der Waals surface area contributed by atoms with Crippen LogP contribution in [0.1, 0.15) is 66.6 Å². The molecule has 0 amide bonds. The lowest BCUT2D eigenvalue weighted by Crippen LogP contribution is -2.21. The van der Waals surface area contributed by atoms with E-state index in [1.807, 2.05) is 18.2 Å². The van der Waals surface area contributed by atoms with Gasteiger partial charge >= 0.3 is 5.97 Å². The molecule has 0 fully saturated rings. The van der Waals surface area contributed by atoms with Crippen molar-refractivity contribution in [3.63, 3.8) is 0 Å². The molecule has 6 nitrogen and oxygen atoms in total. The zero-order chi connectivity index (χ0) is 25.8. The van der Waals surface area contributed by atoms with E-state index in [9.17, 15) is 10.1 Å². The Morgan fingerprint density at radius 2 is 1.67 bits per heavy atom. The number of nitrogens with zero attached hydrogens (tertiary/aromatic N) is 1. The van der Waals surface area contributed by atoms with Gasteiger partial charge in [0.05, 0.1) is 18.1 Å². The number of nitriles is 1. The van der Waals surface area contributed by atoms with Crippen molar-refractivity contribution in [3.8, 4) is 23.3 Å². The molecular formula is C30H30N2O4. The van der Waals surface area contributed by atoms with E-state index in [1.165, 1.54) is 5.56 Å². The molecule has 36 heavy (non-hydrogen) atoms. The number of esters is 1. The third kappa shape index (κ3) is 5.36. The van der Waals surface area contributed by atoms with Crippen molar-refractivity contribution in [3.05, 3.63) is 100 Å². The third-order valence-corrected chi connectivity index (χ3v) is 6.01. The monoisotopic (exact) mass is 482 g/mol. The number of hydrogen-bond acceptors (Lipinski definition) is 6. The van der Waals surface area contributed by atoms with Crippen LogP contribution < -0.4 is 19.9 Å². The molecule has 0 aromatic heterocycles. The molecule has 1 heterocycles. The van der Waals surface area contributed by atoms with Crippen LogP contribution in [0.15, 0.2) is 78.2 Å². The van der Waals surface area contributed by atoms with Crippen LogP contribution in [0, 0.1) is 17.2 Å². The average molecular weight is 483 g/mol. The van der Waals surface area contributed by atoms with Gasteiger partial charge in [-0.2, -0.15) is 5.26 Å². The van der Waals surface area contributed by atoms with Crippen molar-refractivity contribution >= 4 is 5.97 Å². The van der Waals surface area contributed by atoms with Gasteiger partial charge < -0.3 is 19.9 Å². The van der Waals surface area contributed by atoms with E-state index < -0.39 is 5.97 Å². The second kappa shape index (κ2) is 10.6. The fourth-order valence-electron chi connectivity index (χ4n) is 4.03. The molecule has 3 aromatic rings. The van der Waals surface area contributed by atoms with Gasteiger partial charge in [0.25, 0.3) is 0 Å². The molecule has 6 heteroatoms. The summed E-state index contributed by atoms with van der Waals surface area (Å²) in [5, 5.41) is 9.80. The Bertz CT molecular complexity index is 1320. The van der Waals surface area contributed by atoms with Crippen LogP contribution in [0.25, 0.3) is 0 Å². The molecule has 3 aromatic carbocycles. The van der Waals surface area contributed by atoms with Gasteiger partial charge in [0.2, 0.25) is 5.88 Å². The van der Waals surface area contributed by atoms with Crippen LogP contribution in [0.4, 0.5) is 0 Å². The summed E-state index contributed by atoms with van der Waals surface area (Å²) < 4.78 is 17.0. The largest absolute Gasteiger partial charge is 0.493 e. The predicted octanol–water partition coefficient (Wildman–Crippen LogP) is 6.28. The molecule has 0 aliphatic carbocycles. The highest BCUT2D eigenvalue weighted by molar-refractivity contribution is 5.91. The van der Waals surface area contributed by atoms with Crippen LogP contribution in [-0.2, 0) is 0 Å². The van der Waals surface area contributed by atoms with Crippen molar-refractivity contribution < 1.29 is 19.0 Å². The number of carbonyl (C=O) groups is 1. The fraction of sp³-hybridized carbons (Fsp3) is 0.267. The minimum absolute atomic E-state index is 0.0448. The minimum Gasteiger partial charge on any atom is -0.493 e. The summed E-state index contributed by atoms with van der Waals surface area (Å²) in [6.07, 6.45) is 0. The lowest BCUT2D eigenvalue weighted by Gasteiger charge is -2.27. The maximum absolute atomic E-state index is 12.7. The second-order valence-corrected chi connectivity index (χ2v) is 9.56.